The first-order valence-corrected chi connectivity index (χ1v) is 11.6. The van der Waals surface area contributed by atoms with E-state index in [1.54, 1.807) is 13.8 Å². The third-order valence-electron chi connectivity index (χ3n) is 7.26. The number of rotatable bonds is 13. The van der Waals surface area contributed by atoms with Crippen LogP contribution in [0.15, 0.2) is 6.07 Å². The second kappa shape index (κ2) is 9.98. The lowest BCUT2D eigenvalue weighted by molar-refractivity contribution is -0.147. The van der Waals surface area contributed by atoms with E-state index in [9.17, 15) is 19.8 Å². The van der Waals surface area contributed by atoms with E-state index in [0.717, 1.165) is 64.2 Å². The molecule has 4 heteroatoms. The highest BCUT2D eigenvalue weighted by molar-refractivity contribution is 5.77. The van der Waals surface area contributed by atoms with Crippen molar-refractivity contribution in [2.75, 3.05) is 0 Å². The molecule has 2 rings (SSSR count). The van der Waals surface area contributed by atoms with Crippen molar-refractivity contribution in [3.05, 3.63) is 33.9 Å². The molecule has 0 amide bonds. The predicted molar refractivity (Wildman–Crippen MR) is 121 cm³/mol. The quantitative estimate of drug-likeness (QED) is 0.365. The van der Waals surface area contributed by atoms with Crippen LogP contribution in [0, 0.1) is 31.6 Å². The van der Waals surface area contributed by atoms with Gasteiger partial charge >= 0.3 is 11.9 Å². The minimum Gasteiger partial charge on any atom is -0.481 e. The molecule has 0 bridgehead atoms. The van der Waals surface area contributed by atoms with Gasteiger partial charge in [0.25, 0.3) is 0 Å². The van der Waals surface area contributed by atoms with Crippen molar-refractivity contribution >= 4 is 11.9 Å². The molecule has 1 aromatic rings. The van der Waals surface area contributed by atoms with Crippen molar-refractivity contribution in [1.82, 2.24) is 0 Å². The molecule has 1 aliphatic rings. The maximum atomic E-state index is 11.3. The van der Waals surface area contributed by atoms with Crippen LogP contribution in [-0.4, -0.2) is 22.2 Å². The summed E-state index contributed by atoms with van der Waals surface area (Å²) in [7, 11) is 0. The number of carboxylic acid groups (broad SMARTS) is 2. The molecule has 1 fully saturated rings. The van der Waals surface area contributed by atoms with Gasteiger partial charge in [-0.2, -0.15) is 0 Å². The van der Waals surface area contributed by atoms with Crippen molar-refractivity contribution in [1.29, 1.82) is 0 Å². The monoisotopic (exact) mass is 416 g/mol. The standard InChI is InChI=1S/C26H40O4/c1-18-17-19(2)21(11-8-10-13-25(4,5)23(27)28)22(20(18)3)12-7-6-9-14-26(15-16-26)24(29)30/h17H,6-16H2,1-5H3,(H,27,28)(H,29,30). The molecule has 1 aromatic carbocycles. The summed E-state index contributed by atoms with van der Waals surface area (Å²) in [5.41, 5.74) is 5.90. The average Bonchev–Trinajstić information content (AvgIpc) is 3.45. The largest absolute Gasteiger partial charge is 0.481 e. The summed E-state index contributed by atoms with van der Waals surface area (Å²) in [5, 5.41) is 18.6. The number of carbonyl (C=O) groups is 2. The fourth-order valence-corrected chi connectivity index (χ4v) is 4.55. The number of carboxylic acids is 2. The minimum atomic E-state index is -0.721. The molecule has 2 N–H and O–H groups in total. The first-order valence-electron chi connectivity index (χ1n) is 11.6. The van der Waals surface area contributed by atoms with Crippen LogP contribution < -0.4 is 0 Å². The van der Waals surface area contributed by atoms with Gasteiger partial charge in [-0.1, -0.05) is 25.3 Å². The number of benzene rings is 1. The molecule has 0 unspecified atom stereocenters. The van der Waals surface area contributed by atoms with E-state index >= 15 is 0 Å². The summed E-state index contributed by atoms with van der Waals surface area (Å²) in [6.45, 7) is 10.2. The lowest BCUT2D eigenvalue weighted by atomic mass is 9.84. The molecule has 0 atom stereocenters. The van der Waals surface area contributed by atoms with Gasteiger partial charge in [0.1, 0.15) is 0 Å². The Balaban J connectivity index is 1.92. The molecule has 0 aliphatic heterocycles. The number of aryl methyl sites for hydroxylation is 2. The Morgan fingerprint density at radius 2 is 1.50 bits per heavy atom. The van der Waals surface area contributed by atoms with Crippen molar-refractivity contribution in [3.63, 3.8) is 0 Å². The average molecular weight is 417 g/mol. The predicted octanol–water partition coefficient (Wildman–Crippen LogP) is 6.40. The van der Waals surface area contributed by atoms with Crippen molar-refractivity contribution in [2.45, 2.75) is 105 Å². The van der Waals surface area contributed by atoms with E-state index in [4.69, 9.17) is 0 Å². The van der Waals surface area contributed by atoms with Crippen LogP contribution in [0.3, 0.4) is 0 Å². The van der Waals surface area contributed by atoms with Crippen LogP contribution >= 0.6 is 0 Å². The van der Waals surface area contributed by atoms with E-state index in [1.807, 2.05) is 0 Å². The summed E-state index contributed by atoms with van der Waals surface area (Å²) in [4.78, 5) is 22.6. The summed E-state index contributed by atoms with van der Waals surface area (Å²) < 4.78 is 0. The van der Waals surface area contributed by atoms with Crippen molar-refractivity contribution in [2.24, 2.45) is 10.8 Å². The molecule has 0 saturated heterocycles. The molecule has 30 heavy (non-hydrogen) atoms. The van der Waals surface area contributed by atoms with Crippen LogP contribution in [0.1, 0.15) is 99.5 Å². The topological polar surface area (TPSA) is 74.6 Å². The van der Waals surface area contributed by atoms with Gasteiger partial charge in [0.15, 0.2) is 0 Å². The first-order chi connectivity index (χ1) is 14.0. The first kappa shape index (κ1) is 24.4. The molecule has 1 saturated carbocycles. The highest BCUT2D eigenvalue weighted by atomic mass is 16.4. The lowest BCUT2D eigenvalue weighted by Gasteiger charge is -2.20. The van der Waals surface area contributed by atoms with Gasteiger partial charge in [-0.25, -0.2) is 0 Å². The van der Waals surface area contributed by atoms with Gasteiger partial charge in [-0.05, 0) is 114 Å². The van der Waals surface area contributed by atoms with Gasteiger partial charge < -0.3 is 10.2 Å². The smallest absolute Gasteiger partial charge is 0.309 e. The van der Waals surface area contributed by atoms with Gasteiger partial charge in [-0.3, -0.25) is 9.59 Å². The molecule has 4 nitrogen and oxygen atoms in total. The fourth-order valence-electron chi connectivity index (χ4n) is 4.55. The Bertz CT molecular complexity index is 772. The third kappa shape index (κ3) is 6.09. The van der Waals surface area contributed by atoms with Crippen LogP contribution in [0.25, 0.3) is 0 Å². The number of unbranched alkanes of at least 4 members (excludes halogenated alkanes) is 3. The molecule has 0 radical (unpaired) electrons. The number of hydrogen-bond donors (Lipinski definition) is 2. The third-order valence-corrected chi connectivity index (χ3v) is 7.26. The van der Waals surface area contributed by atoms with Crippen molar-refractivity contribution in [3.8, 4) is 0 Å². The van der Waals surface area contributed by atoms with E-state index in [2.05, 4.69) is 26.8 Å². The normalized spacial score (nSPS) is 15.2. The second-order valence-electron chi connectivity index (χ2n) is 10.1. The summed E-state index contributed by atoms with van der Waals surface area (Å²) in [6, 6.07) is 2.28. The summed E-state index contributed by atoms with van der Waals surface area (Å²) in [5.74, 6) is -1.33. The Morgan fingerprint density at radius 1 is 0.900 bits per heavy atom. The molecule has 0 aromatic heterocycles. The summed E-state index contributed by atoms with van der Waals surface area (Å²) >= 11 is 0. The highest BCUT2D eigenvalue weighted by Gasteiger charge is 2.49. The zero-order valence-electron chi connectivity index (χ0n) is 19.6. The maximum Gasteiger partial charge on any atom is 0.309 e. The van der Waals surface area contributed by atoms with Crippen molar-refractivity contribution < 1.29 is 19.8 Å². The zero-order chi connectivity index (χ0) is 22.5. The van der Waals surface area contributed by atoms with Crippen LogP contribution in [0.5, 0.6) is 0 Å². The zero-order valence-corrected chi connectivity index (χ0v) is 19.6. The lowest BCUT2D eigenvalue weighted by Crippen LogP contribution is -2.23. The molecule has 168 valence electrons. The van der Waals surface area contributed by atoms with Crippen LogP contribution in [0.2, 0.25) is 0 Å². The molecule has 0 spiro atoms. The van der Waals surface area contributed by atoms with Gasteiger partial charge in [0, 0.05) is 0 Å². The van der Waals surface area contributed by atoms with E-state index in [0.29, 0.717) is 6.42 Å². The maximum absolute atomic E-state index is 11.3. The Morgan fingerprint density at radius 3 is 2.07 bits per heavy atom. The minimum absolute atomic E-state index is 0.398. The molecular formula is C26H40O4. The van der Waals surface area contributed by atoms with Gasteiger partial charge in [0.2, 0.25) is 0 Å². The Labute approximate surface area is 182 Å². The SMILES string of the molecule is Cc1cc(C)c(CCCCC(C)(C)C(=O)O)c(CCCCCC2(C(=O)O)CC2)c1C. The van der Waals surface area contributed by atoms with E-state index < -0.39 is 22.8 Å². The molecular weight excluding hydrogens is 376 g/mol. The van der Waals surface area contributed by atoms with Crippen LogP contribution in [-0.2, 0) is 22.4 Å². The molecule has 1 aliphatic carbocycles. The van der Waals surface area contributed by atoms with E-state index in [-0.39, 0.29) is 0 Å². The number of aliphatic carboxylic acids is 2. The highest BCUT2D eigenvalue weighted by Crippen LogP contribution is 2.50. The number of hydrogen-bond acceptors (Lipinski definition) is 2. The van der Waals surface area contributed by atoms with E-state index in [1.165, 1.54) is 27.8 Å². The van der Waals surface area contributed by atoms with Crippen LogP contribution in [0.4, 0.5) is 0 Å². The molecule has 0 heterocycles. The van der Waals surface area contributed by atoms with Gasteiger partial charge in [-0.15, -0.1) is 0 Å². The Kier molecular flexibility index (Phi) is 8.13. The summed E-state index contributed by atoms with van der Waals surface area (Å²) in [6.07, 6.45) is 10.4. The van der Waals surface area contributed by atoms with Gasteiger partial charge in [0.05, 0.1) is 10.8 Å². The fraction of sp³-hybridized carbons (Fsp3) is 0.692. The Hall–Kier alpha value is -1.84. The second-order valence-corrected chi connectivity index (χ2v) is 10.1.